The lowest BCUT2D eigenvalue weighted by atomic mass is 9.98. The second-order valence-corrected chi connectivity index (χ2v) is 5.30. The van der Waals surface area contributed by atoms with Crippen LogP contribution < -0.4 is 10.1 Å². The van der Waals surface area contributed by atoms with Crippen LogP contribution in [0.2, 0.25) is 5.02 Å². The first-order valence-corrected chi connectivity index (χ1v) is 6.75. The highest BCUT2D eigenvalue weighted by Gasteiger charge is 2.24. The largest absolute Gasteiger partial charge is 0.497 e. The first-order valence-electron chi connectivity index (χ1n) is 6.37. The first-order chi connectivity index (χ1) is 9.19. The Bertz CT molecular complexity index is 624. The van der Waals surface area contributed by atoms with E-state index in [-0.39, 0.29) is 0 Å². The van der Waals surface area contributed by atoms with E-state index >= 15 is 0 Å². The Balaban J connectivity index is 1.93. The minimum Gasteiger partial charge on any atom is -0.497 e. The maximum absolute atomic E-state index is 6.23. The quantitative estimate of drug-likeness (QED) is 0.877. The molecule has 0 saturated heterocycles. The van der Waals surface area contributed by atoms with E-state index in [0.29, 0.717) is 6.04 Å². The Hall–Kier alpha value is -1.67. The van der Waals surface area contributed by atoms with Crippen molar-refractivity contribution in [2.45, 2.75) is 19.4 Å². The average molecular weight is 274 g/mol. The zero-order chi connectivity index (χ0) is 13.4. The summed E-state index contributed by atoms with van der Waals surface area (Å²) in [5.41, 5.74) is 4.89. The maximum Gasteiger partial charge on any atom is 0.119 e. The number of hydrogen-bond donors (Lipinski definition) is 1. The molecule has 3 rings (SSSR count). The predicted octanol–water partition coefficient (Wildman–Crippen LogP) is 4.37. The van der Waals surface area contributed by atoms with Crippen LogP contribution in [0.4, 0.5) is 5.69 Å². The van der Waals surface area contributed by atoms with E-state index in [2.05, 4.69) is 30.4 Å². The average Bonchev–Trinajstić information content (AvgIpc) is 2.83. The molecule has 0 spiro atoms. The van der Waals surface area contributed by atoms with E-state index in [9.17, 15) is 0 Å². The number of halogens is 1. The summed E-state index contributed by atoms with van der Waals surface area (Å²) in [6, 6.07) is 12.6. The van der Waals surface area contributed by atoms with Crippen molar-refractivity contribution in [2.75, 3.05) is 12.4 Å². The molecular weight excluding hydrogens is 258 g/mol. The summed E-state index contributed by atoms with van der Waals surface area (Å²) >= 11 is 6.23. The fourth-order valence-electron chi connectivity index (χ4n) is 2.70. The molecule has 2 nitrogen and oxygen atoms in total. The SMILES string of the molecule is COc1ccc(C2Cc3cccc(Cl)c3N2)c(C)c1. The van der Waals surface area contributed by atoms with E-state index in [1.807, 2.05) is 18.2 Å². The lowest BCUT2D eigenvalue weighted by molar-refractivity contribution is 0.414. The molecule has 1 unspecified atom stereocenters. The van der Waals surface area contributed by atoms with Crippen LogP contribution in [0.1, 0.15) is 22.7 Å². The van der Waals surface area contributed by atoms with E-state index in [0.717, 1.165) is 22.9 Å². The Labute approximate surface area is 118 Å². The number of ether oxygens (including phenoxy) is 1. The van der Waals surface area contributed by atoms with Gasteiger partial charge in [-0.1, -0.05) is 29.8 Å². The smallest absolute Gasteiger partial charge is 0.119 e. The molecule has 0 amide bonds. The van der Waals surface area contributed by atoms with Crippen molar-refractivity contribution >= 4 is 17.3 Å². The van der Waals surface area contributed by atoms with Crippen molar-refractivity contribution in [2.24, 2.45) is 0 Å². The fraction of sp³-hybridized carbons (Fsp3) is 0.250. The van der Waals surface area contributed by atoms with E-state index in [1.54, 1.807) is 7.11 Å². The minimum atomic E-state index is 0.292. The van der Waals surface area contributed by atoms with Gasteiger partial charge < -0.3 is 10.1 Å². The molecule has 1 N–H and O–H groups in total. The van der Waals surface area contributed by atoms with Crippen LogP contribution in [0.15, 0.2) is 36.4 Å². The second-order valence-electron chi connectivity index (χ2n) is 4.90. The van der Waals surface area contributed by atoms with Gasteiger partial charge in [0.15, 0.2) is 0 Å². The highest BCUT2D eigenvalue weighted by molar-refractivity contribution is 6.33. The van der Waals surface area contributed by atoms with Crippen LogP contribution in [0.25, 0.3) is 0 Å². The predicted molar refractivity (Wildman–Crippen MR) is 79.3 cm³/mol. The van der Waals surface area contributed by atoms with Gasteiger partial charge in [-0.25, -0.2) is 0 Å². The van der Waals surface area contributed by atoms with Crippen LogP contribution in [0, 0.1) is 6.92 Å². The number of methoxy groups -OCH3 is 1. The third-order valence-corrected chi connectivity index (χ3v) is 4.01. The number of anilines is 1. The van der Waals surface area contributed by atoms with Crippen LogP contribution in [-0.4, -0.2) is 7.11 Å². The fourth-order valence-corrected chi connectivity index (χ4v) is 2.95. The number of rotatable bonds is 2. The zero-order valence-electron chi connectivity index (χ0n) is 11.0. The lowest BCUT2D eigenvalue weighted by Gasteiger charge is -2.15. The molecule has 1 heterocycles. The maximum atomic E-state index is 6.23. The highest BCUT2D eigenvalue weighted by Crippen LogP contribution is 2.39. The molecular formula is C16H16ClNO. The van der Waals surface area contributed by atoms with Gasteiger partial charge in [-0.3, -0.25) is 0 Å². The summed E-state index contributed by atoms with van der Waals surface area (Å²) in [6.07, 6.45) is 0.975. The van der Waals surface area contributed by atoms with Gasteiger partial charge in [-0.05, 0) is 48.2 Å². The third-order valence-electron chi connectivity index (χ3n) is 3.69. The summed E-state index contributed by atoms with van der Waals surface area (Å²) < 4.78 is 5.25. The van der Waals surface area contributed by atoms with Crippen molar-refractivity contribution in [1.82, 2.24) is 0 Å². The molecule has 0 radical (unpaired) electrons. The summed E-state index contributed by atoms with van der Waals surface area (Å²) in [5.74, 6) is 0.898. The molecule has 3 heteroatoms. The van der Waals surface area contributed by atoms with Gasteiger partial charge in [0.1, 0.15) is 5.75 Å². The number of nitrogens with one attached hydrogen (secondary N) is 1. The molecule has 2 aromatic carbocycles. The van der Waals surface area contributed by atoms with E-state index in [4.69, 9.17) is 16.3 Å². The van der Waals surface area contributed by atoms with E-state index in [1.165, 1.54) is 16.7 Å². The second kappa shape index (κ2) is 4.78. The highest BCUT2D eigenvalue weighted by atomic mass is 35.5. The number of hydrogen-bond acceptors (Lipinski definition) is 2. The lowest BCUT2D eigenvalue weighted by Crippen LogP contribution is -2.07. The molecule has 0 saturated carbocycles. The van der Waals surface area contributed by atoms with Gasteiger partial charge in [0, 0.05) is 0 Å². The number of fused-ring (bicyclic) bond motifs is 1. The normalized spacial score (nSPS) is 16.9. The molecule has 0 bridgehead atoms. The summed E-state index contributed by atoms with van der Waals surface area (Å²) in [6.45, 7) is 2.12. The summed E-state index contributed by atoms with van der Waals surface area (Å²) in [5, 5.41) is 4.32. The molecule has 0 fully saturated rings. The van der Waals surface area contributed by atoms with Crippen molar-refractivity contribution in [3.63, 3.8) is 0 Å². The monoisotopic (exact) mass is 273 g/mol. The van der Waals surface area contributed by atoms with E-state index < -0.39 is 0 Å². The Kier molecular flexibility index (Phi) is 3.11. The molecule has 98 valence electrons. The Morgan fingerprint density at radius 3 is 2.79 bits per heavy atom. The zero-order valence-corrected chi connectivity index (χ0v) is 11.8. The molecule has 1 aliphatic heterocycles. The van der Waals surface area contributed by atoms with Gasteiger partial charge in [-0.15, -0.1) is 0 Å². The van der Waals surface area contributed by atoms with Gasteiger partial charge in [0.25, 0.3) is 0 Å². The van der Waals surface area contributed by atoms with Crippen LogP contribution in [0.5, 0.6) is 5.75 Å². The number of aryl methyl sites for hydroxylation is 1. The van der Waals surface area contributed by atoms with Gasteiger partial charge in [0.05, 0.1) is 23.9 Å². The van der Waals surface area contributed by atoms with Crippen molar-refractivity contribution in [3.8, 4) is 5.75 Å². The molecule has 0 aliphatic carbocycles. The number of para-hydroxylation sites is 1. The topological polar surface area (TPSA) is 21.3 Å². The van der Waals surface area contributed by atoms with Crippen molar-refractivity contribution < 1.29 is 4.74 Å². The molecule has 2 aromatic rings. The molecule has 19 heavy (non-hydrogen) atoms. The first kappa shape index (κ1) is 12.4. The Morgan fingerprint density at radius 2 is 2.11 bits per heavy atom. The van der Waals surface area contributed by atoms with Crippen LogP contribution in [0.3, 0.4) is 0 Å². The summed E-state index contributed by atoms with van der Waals surface area (Å²) in [4.78, 5) is 0. The minimum absolute atomic E-state index is 0.292. The molecule has 0 aromatic heterocycles. The number of benzene rings is 2. The standard InChI is InChI=1S/C16H16ClNO/c1-10-8-12(19-2)6-7-13(10)15-9-11-4-3-5-14(17)16(11)18-15/h3-8,15,18H,9H2,1-2H3. The van der Waals surface area contributed by atoms with Crippen molar-refractivity contribution in [3.05, 3.63) is 58.1 Å². The van der Waals surface area contributed by atoms with Gasteiger partial charge in [-0.2, -0.15) is 0 Å². The van der Waals surface area contributed by atoms with Crippen molar-refractivity contribution in [1.29, 1.82) is 0 Å². The van der Waals surface area contributed by atoms with Gasteiger partial charge in [0.2, 0.25) is 0 Å². The van der Waals surface area contributed by atoms with Crippen LogP contribution in [-0.2, 0) is 6.42 Å². The van der Waals surface area contributed by atoms with Crippen LogP contribution >= 0.6 is 11.6 Å². The molecule has 1 aliphatic rings. The van der Waals surface area contributed by atoms with Gasteiger partial charge >= 0.3 is 0 Å². The molecule has 1 atom stereocenters. The third kappa shape index (κ3) is 2.17. The Morgan fingerprint density at radius 1 is 1.26 bits per heavy atom. The summed E-state index contributed by atoms with van der Waals surface area (Å²) in [7, 11) is 1.69.